The van der Waals surface area contributed by atoms with E-state index in [1.807, 2.05) is 6.07 Å². The summed E-state index contributed by atoms with van der Waals surface area (Å²) in [4.78, 5) is 0.664. The Morgan fingerprint density at radius 1 is 1.22 bits per heavy atom. The molecule has 0 aliphatic carbocycles. The molecule has 0 fully saturated rings. The Morgan fingerprint density at radius 3 is 2.11 bits per heavy atom. The van der Waals surface area contributed by atoms with Gasteiger partial charge >= 0.3 is 0 Å². The maximum Gasteiger partial charge on any atom is 0.122 e. The lowest BCUT2D eigenvalue weighted by Gasteiger charge is -1.90. The molecule has 48 valence electrons. The molecule has 0 aromatic heterocycles. The molecule has 1 rings (SSSR count). The Balaban J connectivity index is 2.98. The maximum atomic E-state index is 10.5. The van der Waals surface area contributed by atoms with Crippen LogP contribution < -0.4 is 5.14 Å². The van der Waals surface area contributed by atoms with E-state index in [-0.39, 0.29) is 0 Å². The summed E-state index contributed by atoms with van der Waals surface area (Å²) in [6.45, 7) is 0. The van der Waals surface area contributed by atoms with Gasteiger partial charge in [-0.1, -0.05) is 18.2 Å². The summed E-state index contributed by atoms with van der Waals surface area (Å²) in [7, 11) is -1.33. The van der Waals surface area contributed by atoms with Crippen molar-refractivity contribution in [2.24, 2.45) is 5.14 Å². The average Bonchev–Trinajstić information content (AvgIpc) is 1.90. The van der Waals surface area contributed by atoms with E-state index >= 15 is 0 Å². The van der Waals surface area contributed by atoms with Gasteiger partial charge in [0, 0.05) is 0 Å². The van der Waals surface area contributed by atoms with Gasteiger partial charge in [-0.05, 0) is 12.1 Å². The first-order valence-corrected chi connectivity index (χ1v) is 3.73. The lowest BCUT2D eigenvalue weighted by Crippen LogP contribution is -2.01. The molecule has 0 bridgehead atoms. The van der Waals surface area contributed by atoms with Crippen LogP contribution in [-0.2, 0) is 11.0 Å². The second-order valence-corrected chi connectivity index (χ2v) is 2.68. The summed E-state index contributed by atoms with van der Waals surface area (Å²) >= 11 is 0. The molecule has 2 N–H and O–H groups in total. The highest BCUT2D eigenvalue weighted by Crippen LogP contribution is 1.99. The van der Waals surface area contributed by atoms with Crippen molar-refractivity contribution in [2.75, 3.05) is 0 Å². The van der Waals surface area contributed by atoms with Crippen LogP contribution in [0.2, 0.25) is 0 Å². The first-order valence-electron chi connectivity index (χ1n) is 2.52. The van der Waals surface area contributed by atoms with Gasteiger partial charge in [0.25, 0.3) is 0 Å². The quantitative estimate of drug-likeness (QED) is 0.613. The molecule has 0 amide bonds. The van der Waals surface area contributed by atoms with Crippen molar-refractivity contribution in [3.05, 3.63) is 30.3 Å². The van der Waals surface area contributed by atoms with Gasteiger partial charge in [-0.25, -0.2) is 9.35 Å². The average molecular weight is 141 g/mol. The third-order valence-corrected chi connectivity index (χ3v) is 1.71. The van der Waals surface area contributed by atoms with Gasteiger partial charge in [0.05, 0.1) is 4.90 Å². The highest BCUT2D eigenvalue weighted by atomic mass is 32.2. The van der Waals surface area contributed by atoms with Gasteiger partial charge in [-0.2, -0.15) is 0 Å². The molecule has 1 aromatic rings. The van der Waals surface area contributed by atoms with E-state index in [1.165, 1.54) is 0 Å². The lowest BCUT2D eigenvalue weighted by molar-refractivity contribution is 0.684. The van der Waals surface area contributed by atoms with E-state index in [9.17, 15) is 4.21 Å². The highest BCUT2D eigenvalue weighted by molar-refractivity contribution is 7.82. The first-order chi connectivity index (χ1) is 4.30. The number of nitrogens with two attached hydrogens (primary N) is 1. The van der Waals surface area contributed by atoms with E-state index in [4.69, 9.17) is 5.14 Å². The van der Waals surface area contributed by atoms with E-state index in [0.29, 0.717) is 4.90 Å². The van der Waals surface area contributed by atoms with E-state index < -0.39 is 11.0 Å². The summed E-state index contributed by atoms with van der Waals surface area (Å²) in [5, 5.41) is 5.09. The Hall–Kier alpha value is -0.670. The normalized spacial score (nSPS) is 13.0. The topological polar surface area (TPSA) is 43.1 Å². The predicted octanol–water partition coefficient (Wildman–Crippen LogP) is 0.668. The van der Waals surface area contributed by atoms with Gasteiger partial charge in [-0.3, -0.25) is 0 Å². The van der Waals surface area contributed by atoms with Gasteiger partial charge < -0.3 is 0 Å². The van der Waals surface area contributed by atoms with Crippen LogP contribution >= 0.6 is 0 Å². The van der Waals surface area contributed by atoms with Crippen molar-refractivity contribution in [3.8, 4) is 0 Å². The fourth-order valence-corrected chi connectivity index (χ4v) is 0.980. The van der Waals surface area contributed by atoms with Crippen LogP contribution in [-0.4, -0.2) is 4.21 Å². The zero-order chi connectivity index (χ0) is 6.69. The molecule has 0 heterocycles. The van der Waals surface area contributed by atoms with Crippen molar-refractivity contribution in [2.45, 2.75) is 4.90 Å². The summed E-state index contributed by atoms with van der Waals surface area (Å²) in [5.74, 6) is 0. The minimum absolute atomic E-state index is 0.664. The predicted molar refractivity (Wildman–Crippen MR) is 37.0 cm³/mol. The Morgan fingerprint density at radius 2 is 1.78 bits per heavy atom. The Bertz CT molecular complexity index is 210. The summed E-state index contributed by atoms with van der Waals surface area (Å²) in [5.41, 5.74) is 0. The number of hydrogen-bond donors (Lipinski definition) is 1. The van der Waals surface area contributed by atoms with E-state index in [0.717, 1.165) is 0 Å². The summed E-state index contributed by atoms with van der Waals surface area (Å²) in [6.07, 6.45) is 0. The second-order valence-electron chi connectivity index (χ2n) is 1.61. The Kier molecular flexibility index (Phi) is 1.97. The minimum Gasteiger partial charge on any atom is -0.248 e. The molecular formula is C6H7NOS. The first kappa shape index (κ1) is 6.45. The van der Waals surface area contributed by atoms with Crippen molar-refractivity contribution in [3.63, 3.8) is 0 Å². The Labute approximate surface area is 56.3 Å². The van der Waals surface area contributed by atoms with Crippen LogP contribution in [0.25, 0.3) is 0 Å². The van der Waals surface area contributed by atoms with Crippen molar-refractivity contribution >= 4 is 11.0 Å². The molecule has 0 radical (unpaired) electrons. The molecule has 0 saturated carbocycles. The molecule has 0 aliphatic rings. The second kappa shape index (κ2) is 2.75. The van der Waals surface area contributed by atoms with Crippen LogP contribution in [0.4, 0.5) is 0 Å². The van der Waals surface area contributed by atoms with Crippen molar-refractivity contribution in [1.82, 2.24) is 0 Å². The molecule has 0 spiro atoms. The highest BCUT2D eigenvalue weighted by Gasteiger charge is 1.91. The fourth-order valence-electron chi connectivity index (χ4n) is 0.555. The van der Waals surface area contributed by atoms with Gasteiger partial charge in [-0.15, -0.1) is 0 Å². The molecule has 3 heteroatoms. The van der Waals surface area contributed by atoms with Gasteiger partial charge in [0.1, 0.15) is 11.0 Å². The maximum absolute atomic E-state index is 10.5. The smallest absolute Gasteiger partial charge is 0.122 e. The summed E-state index contributed by atoms with van der Waals surface area (Å²) < 4.78 is 10.5. The lowest BCUT2D eigenvalue weighted by atomic mass is 10.4. The molecule has 1 aromatic carbocycles. The monoisotopic (exact) mass is 141 g/mol. The molecule has 0 unspecified atom stereocenters. The van der Waals surface area contributed by atoms with Crippen LogP contribution in [0.5, 0.6) is 0 Å². The third-order valence-electron chi connectivity index (χ3n) is 0.976. The fraction of sp³-hybridized carbons (Fsp3) is 0. The molecule has 2 nitrogen and oxygen atoms in total. The number of hydrogen-bond acceptors (Lipinski definition) is 1. The largest absolute Gasteiger partial charge is 0.248 e. The van der Waals surface area contributed by atoms with Gasteiger partial charge in [0.15, 0.2) is 0 Å². The molecule has 9 heavy (non-hydrogen) atoms. The molecule has 0 saturated heterocycles. The van der Waals surface area contributed by atoms with E-state index in [1.54, 1.807) is 24.3 Å². The zero-order valence-corrected chi connectivity index (χ0v) is 5.60. The zero-order valence-electron chi connectivity index (χ0n) is 4.78. The number of rotatable bonds is 1. The molecule has 0 aliphatic heterocycles. The van der Waals surface area contributed by atoms with Crippen molar-refractivity contribution < 1.29 is 4.21 Å². The standard InChI is InChI=1S/C6H7NOS/c7-9(8)6-4-2-1-3-5-6/h1-5H,7H2/t9-/m0/s1. The third kappa shape index (κ3) is 1.62. The van der Waals surface area contributed by atoms with Crippen LogP contribution in [0, 0.1) is 0 Å². The summed E-state index contributed by atoms with van der Waals surface area (Å²) in [6, 6.07) is 8.93. The van der Waals surface area contributed by atoms with E-state index in [2.05, 4.69) is 0 Å². The van der Waals surface area contributed by atoms with Crippen molar-refractivity contribution in [1.29, 1.82) is 0 Å². The van der Waals surface area contributed by atoms with Crippen LogP contribution in [0.1, 0.15) is 0 Å². The SMILES string of the molecule is N[S@@](=O)c1ccccc1. The minimum atomic E-state index is -1.33. The van der Waals surface area contributed by atoms with Crippen LogP contribution in [0.3, 0.4) is 0 Å². The van der Waals surface area contributed by atoms with Crippen LogP contribution in [0.15, 0.2) is 35.2 Å². The number of benzene rings is 1. The van der Waals surface area contributed by atoms with Gasteiger partial charge in [0.2, 0.25) is 0 Å². The molecular weight excluding hydrogens is 134 g/mol. The molecule has 1 atom stereocenters.